The number of fused-ring (bicyclic) bond motifs is 1. The fourth-order valence-electron chi connectivity index (χ4n) is 2.17. The highest BCUT2D eigenvalue weighted by Gasteiger charge is 2.11. The topological polar surface area (TPSA) is 38.1 Å². The number of aryl methyl sites for hydroxylation is 1. The fraction of sp³-hybridized carbons (Fsp3) is 0.188. The van der Waals surface area contributed by atoms with Crippen LogP contribution < -0.4 is 5.32 Å². The van der Waals surface area contributed by atoms with Crippen molar-refractivity contribution in [2.75, 3.05) is 5.32 Å². The van der Waals surface area contributed by atoms with Crippen LogP contribution in [-0.4, -0.2) is 4.98 Å². The summed E-state index contributed by atoms with van der Waals surface area (Å²) in [5.74, 6) is 0.923. The summed E-state index contributed by atoms with van der Waals surface area (Å²) in [4.78, 5) is 4.29. The van der Waals surface area contributed by atoms with Crippen LogP contribution in [0.2, 0.25) is 0 Å². The Labute approximate surface area is 126 Å². The maximum absolute atomic E-state index is 5.86. The largest absolute Gasteiger partial charge is 0.459 e. The third-order valence-electron chi connectivity index (χ3n) is 3.27. The Balaban J connectivity index is 1.84. The minimum absolute atomic E-state index is 0.0878. The second-order valence-electron chi connectivity index (χ2n) is 4.88. The molecule has 102 valence electrons. The minimum atomic E-state index is 0.0878. The van der Waals surface area contributed by atoms with Crippen molar-refractivity contribution in [3.8, 4) is 0 Å². The molecule has 1 N–H and O–H groups in total. The lowest BCUT2D eigenvalue weighted by Gasteiger charge is -2.13. The maximum Gasteiger partial charge on any atom is 0.134 e. The SMILES string of the molecule is Cc1cc(NC(C)c2cc3ccccc3o2)cnc1Br. The summed E-state index contributed by atoms with van der Waals surface area (Å²) in [5.41, 5.74) is 3.01. The molecule has 1 atom stereocenters. The summed E-state index contributed by atoms with van der Waals surface area (Å²) in [6, 6.07) is 12.3. The molecule has 1 aromatic carbocycles. The molecule has 3 nitrogen and oxygen atoms in total. The van der Waals surface area contributed by atoms with Gasteiger partial charge in [0.1, 0.15) is 15.9 Å². The summed E-state index contributed by atoms with van der Waals surface area (Å²) in [5, 5.41) is 4.54. The average molecular weight is 331 g/mol. The quantitative estimate of drug-likeness (QED) is 0.681. The third-order valence-corrected chi connectivity index (χ3v) is 4.10. The number of benzene rings is 1. The molecule has 0 spiro atoms. The lowest BCUT2D eigenvalue weighted by molar-refractivity contribution is 0.526. The molecule has 0 fully saturated rings. The standard InChI is InChI=1S/C16H15BrN2O/c1-10-7-13(9-18-16(10)17)19-11(2)15-8-12-5-3-4-6-14(12)20-15/h3-9,11,19H,1-2H3. The van der Waals surface area contributed by atoms with Gasteiger partial charge in [-0.3, -0.25) is 0 Å². The summed E-state index contributed by atoms with van der Waals surface area (Å²) in [6.45, 7) is 4.10. The Hall–Kier alpha value is -1.81. The molecule has 3 aromatic rings. The second-order valence-corrected chi connectivity index (χ2v) is 5.64. The van der Waals surface area contributed by atoms with Crippen LogP contribution in [0, 0.1) is 6.92 Å². The first-order chi connectivity index (χ1) is 9.63. The lowest BCUT2D eigenvalue weighted by Crippen LogP contribution is -2.06. The van der Waals surface area contributed by atoms with Gasteiger partial charge in [-0.2, -0.15) is 0 Å². The monoisotopic (exact) mass is 330 g/mol. The molecular formula is C16H15BrN2O. The summed E-state index contributed by atoms with van der Waals surface area (Å²) in [7, 11) is 0. The van der Waals surface area contributed by atoms with Crippen molar-refractivity contribution < 1.29 is 4.42 Å². The number of hydrogen-bond donors (Lipinski definition) is 1. The Kier molecular flexibility index (Phi) is 3.49. The Morgan fingerprint density at radius 3 is 2.80 bits per heavy atom. The summed E-state index contributed by atoms with van der Waals surface area (Å²) >= 11 is 3.41. The van der Waals surface area contributed by atoms with Crippen LogP contribution in [0.15, 0.2) is 51.6 Å². The van der Waals surface area contributed by atoms with E-state index in [1.807, 2.05) is 31.3 Å². The molecule has 0 amide bonds. The van der Waals surface area contributed by atoms with Gasteiger partial charge in [0.2, 0.25) is 0 Å². The Morgan fingerprint density at radius 1 is 1.25 bits per heavy atom. The number of hydrogen-bond acceptors (Lipinski definition) is 3. The van der Waals surface area contributed by atoms with Gasteiger partial charge in [0, 0.05) is 5.39 Å². The van der Waals surface area contributed by atoms with E-state index < -0.39 is 0 Å². The van der Waals surface area contributed by atoms with Crippen LogP contribution in [0.3, 0.4) is 0 Å². The number of pyridine rings is 1. The van der Waals surface area contributed by atoms with Crippen LogP contribution >= 0.6 is 15.9 Å². The molecule has 0 aliphatic heterocycles. The number of furan rings is 1. The van der Waals surface area contributed by atoms with Gasteiger partial charge in [-0.1, -0.05) is 18.2 Å². The van der Waals surface area contributed by atoms with E-state index in [1.54, 1.807) is 0 Å². The van der Waals surface area contributed by atoms with Crippen molar-refractivity contribution in [1.82, 2.24) is 4.98 Å². The van der Waals surface area contributed by atoms with E-state index in [-0.39, 0.29) is 6.04 Å². The van der Waals surface area contributed by atoms with Crippen LogP contribution in [0.25, 0.3) is 11.0 Å². The molecule has 0 aliphatic rings. The fourth-order valence-corrected chi connectivity index (χ4v) is 2.39. The van der Waals surface area contributed by atoms with E-state index >= 15 is 0 Å². The zero-order valence-corrected chi connectivity index (χ0v) is 12.9. The van der Waals surface area contributed by atoms with Crippen molar-refractivity contribution in [3.05, 3.63) is 58.5 Å². The van der Waals surface area contributed by atoms with Gasteiger partial charge < -0.3 is 9.73 Å². The highest BCUT2D eigenvalue weighted by molar-refractivity contribution is 9.10. The van der Waals surface area contributed by atoms with E-state index in [9.17, 15) is 0 Å². The first-order valence-electron chi connectivity index (χ1n) is 6.50. The first kappa shape index (κ1) is 13.2. The Bertz CT molecular complexity index is 718. The number of anilines is 1. The molecule has 0 bridgehead atoms. The predicted octanol–water partition coefficient (Wildman–Crippen LogP) is 5.07. The van der Waals surface area contributed by atoms with E-state index in [2.05, 4.69) is 51.4 Å². The molecule has 3 rings (SSSR count). The van der Waals surface area contributed by atoms with Gasteiger partial charge in [0.25, 0.3) is 0 Å². The molecule has 20 heavy (non-hydrogen) atoms. The number of aromatic nitrogens is 1. The molecular weight excluding hydrogens is 316 g/mol. The van der Waals surface area contributed by atoms with Gasteiger partial charge in [-0.25, -0.2) is 4.98 Å². The zero-order chi connectivity index (χ0) is 14.1. The number of halogens is 1. The maximum atomic E-state index is 5.86. The lowest BCUT2D eigenvalue weighted by atomic mass is 10.2. The van der Waals surface area contributed by atoms with E-state index in [0.29, 0.717) is 0 Å². The van der Waals surface area contributed by atoms with Crippen molar-refractivity contribution in [2.45, 2.75) is 19.9 Å². The smallest absolute Gasteiger partial charge is 0.134 e. The number of nitrogens with one attached hydrogen (secondary N) is 1. The number of para-hydroxylation sites is 1. The highest BCUT2D eigenvalue weighted by Crippen LogP contribution is 2.26. The highest BCUT2D eigenvalue weighted by atomic mass is 79.9. The first-order valence-corrected chi connectivity index (χ1v) is 7.30. The van der Waals surface area contributed by atoms with E-state index in [0.717, 1.165) is 32.6 Å². The average Bonchev–Trinajstić information content (AvgIpc) is 2.87. The van der Waals surface area contributed by atoms with Gasteiger partial charge in [0.15, 0.2) is 0 Å². The summed E-state index contributed by atoms with van der Waals surface area (Å²) in [6.07, 6.45) is 1.82. The normalized spacial score (nSPS) is 12.6. The zero-order valence-electron chi connectivity index (χ0n) is 11.4. The van der Waals surface area contributed by atoms with Crippen LogP contribution in [0.5, 0.6) is 0 Å². The van der Waals surface area contributed by atoms with Gasteiger partial charge >= 0.3 is 0 Å². The minimum Gasteiger partial charge on any atom is -0.459 e. The third kappa shape index (κ3) is 2.56. The van der Waals surface area contributed by atoms with Crippen molar-refractivity contribution >= 4 is 32.6 Å². The van der Waals surface area contributed by atoms with Crippen LogP contribution in [0.1, 0.15) is 24.3 Å². The number of nitrogens with zero attached hydrogens (tertiary/aromatic N) is 1. The molecule has 4 heteroatoms. The molecule has 0 saturated carbocycles. The van der Waals surface area contributed by atoms with Crippen molar-refractivity contribution in [1.29, 1.82) is 0 Å². The van der Waals surface area contributed by atoms with E-state index in [4.69, 9.17) is 4.42 Å². The van der Waals surface area contributed by atoms with Gasteiger partial charge in [-0.05, 0) is 53.5 Å². The molecule has 2 heterocycles. The molecule has 0 saturated heterocycles. The van der Waals surface area contributed by atoms with Crippen molar-refractivity contribution in [2.24, 2.45) is 0 Å². The Morgan fingerprint density at radius 2 is 2.05 bits per heavy atom. The molecule has 1 unspecified atom stereocenters. The van der Waals surface area contributed by atoms with Gasteiger partial charge in [-0.15, -0.1) is 0 Å². The molecule has 0 radical (unpaired) electrons. The van der Waals surface area contributed by atoms with Crippen LogP contribution in [0.4, 0.5) is 5.69 Å². The predicted molar refractivity (Wildman–Crippen MR) is 84.9 cm³/mol. The second kappa shape index (κ2) is 5.29. The van der Waals surface area contributed by atoms with Crippen molar-refractivity contribution in [3.63, 3.8) is 0 Å². The summed E-state index contributed by atoms with van der Waals surface area (Å²) < 4.78 is 6.74. The number of rotatable bonds is 3. The molecule has 0 aliphatic carbocycles. The molecule has 2 aromatic heterocycles. The van der Waals surface area contributed by atoms with E-state index in [1.165, 1.54) is 0 Å². The van der Waals surface area contributed by atoms with Gasteiger partial charge in [0.05, 0.1) is 17.9 Å². The van der Waals surface area contributed by atoms with Crippen LogP contribution in [-0.2, 0) is 0 Å².